The number of halogens is 1. The summed E-state index contributed by atoms with van der Waals surface area (Å²) in [6.45, 7) is 2.24. The van der Waals surface area contributed by atoms with E-state index in [1.54, 1.807) is 0 Å². The van der Waals surface area contributed by atoms with Crippen molar-refractivity contribution < 1.29 is 0 Å². The predicted octanol–water partition coefficient (Wildman–Crippen LogP) is 5.93. The van der Waals surface area contributed by atoms with Gasteiger partial charge in [0.2, 0.25) is 0 Å². The van der Waals surface area contributed by atoms with E-state index in [0.717, 1.165) is 0 Å². The van der Waals surface area contributed by atoms with Crippen molar-refractivity contribution in [2.45, 2.75) is 31.0 Å². The highest BCUT2D eigenvalue weighted by Gasteiger charge is 2.44. The lowest BCUT2D eigenvalue weighted by Gasteiger charge is -2.27. The van der Waals surface area contributed by atoms with Crippen molar-refractivity contribution in [2.24, 2.45) is 0 Å². The largest absolute Gasteiger partial charge is 0.112 e. The predicted molar refractivity (Wildman–Crippen MR) is 122 cm³/mol. The molecule has 1 unspecified atom stereocenters. The van der Waals surface area contributed by atoms with E-state index < -0.39 is 7.26 Å². The Kier molecular flexibility index (Phi) is 7.06. The van der Waals surface area contributed by atoms with E-state index in [2.05, 4.69) is 114 Å². The zero-order valence-corrected chi connectivity index (χ0v) is 17.9. The van der Waals surface area contributed by atoms with E-state index in [1.807, 2.05) is 0 Å². The third-order valence-corrected chi connectivity index (χ3v) is 9.92. The summed E-state index contributed by atoms with van der Waals surface area (Å²) in [6, 6.07) is 33.5. The Morgan fingerprint density at radius 2 is 1.04 bits per heavy atom. The Morgan fingerprint density at radius 3 is 1.38 bits per heavy atom. The molecule has 0 aliphatic heterocycles. The molecule has 0 radical (unpaired) electrons. The minimum absolute atomic E-state index is 0.598. The normalized spacial score (nSPS) is 12.7. The Labute approximate surface area is 167 Å². The van der Waals surface area contributed by atoms with E-state index in [4.69, 9.17) is 0 Å². The molecule has 0 saturated carbocycles. The average Bonchev–Trinajstić information content (AvgIpc) is 2.70. The maximum Gasteiger partial charge on any atom is 0.112 e. The van der Waals surface area contributed by atoms with E-state index in [0.29, 0.717) is 4.83 Å². The first kappa shape index (κ1) is 19.3. The molecule has 2 heteroatoms. The van der Waals surface area contributed by atoms with E-state index >= 15 is 0 Å². The molecule has 26 heavy (non-hydrogen) atoms. The van der Waals surface area contributed by atoms with Crippen LogP contribution in [0.25, 0.3) is 0 Å². The lowest BCUT2D eigenvalue weighted by molar-refractivity contribution is 0.722. The molecule has 0 bridgehead atoms. The molecule has 0 aliphatic carbocycles. The summed E-state index contributed by atoms with van der Waals surface area (Å²) in [6.07, 6.45) is 4.98. The van der Waals surface area contributed by atoms with Gasteiger partial charge in [-0.3, -0.25) is 0 Å². The lowest BCUT2D eigenvalue weighted by Crippen LogP contribution is -2.33. The Balaban J connectivity index is 2.09. The van der Waals surface area contributed by atoms with Crippen molar-refractivity contribution in [3.8, 4) is 0 Å². The SMILES string of the molecule is CC(Br)CCCC[P+](c1ccccc1)(c1ccccc1)c1ccccc1. The van der Waals surface area contributed by atoms with Crippen LogP contribution >= 0.6 is 23.2 Å². The number of hydrogen-bond donors (Lipinski definition) is 0. The second kappa shape index (κ2) is 9.49. The quantitative estimate of drug-likeness (QED) is 0.238. The van der Waals surface area contributed by atoms with Crippen LogP contribution in [0.5, 0.6) is 0 Å². The van der Waals surface area contributed by atoms with Gasteiger partial charge in [-0.05, 0) is 55.7 Å². The van der Waals surface area contributed by atoms with Gasteiger partial charge in [0.1, 0.15) is 23.2 Å². The van der Waals surface area contributed by atoms with Crippen molar-refractivity contribution in [1.82, 2.24) is 0 Å². The fraction of sp³-hybridized carbons (Fsp3) is 0.250. The first-order valence-corrected chi connectivity index (χ1v) is 12.3. The average molecular weight is 426 g/mol. The summed E-state index contributed by atoms with van der Waals surface area (Å²) < 4.78 is 0. The molecule has 1 atom stereocenters. The number of alkyl halides is 1. The fourth-order valence-electron chi connectivity index (χ4n) is 3.66. The molecule has 3 aromatic rings. The second-order valence-corrected chi connectivity index (χ2v) is 12.0. The topological polar surface area (TPSA) is 0 Å². The van der Waals surface area contributed by atoms with Crippen LogP contribution in [0, 0.1) is 0 Å². The molecule has 0 aromatic heterocycles. The maximum absolute atomic E-state index is 3.70. The van der Waals surface area contributed by atoms with Crippen LogP contribution in [0.2, 0.25) is 0 Å². The third kappa shape index (κ3) is 4.45. The summed E-state index contributed by atoms with van der Waals surface area (Å²) in [5, 5.41) is 4.47. The highest BCUT2D eigenvalue weighted by molar-refractivity contribution is 9.09. The summed E-state index contributed by atoms with van der Waals surface area (Å²) in [4.78, 5) is 0.598. The standard InChI is InChI=1S/C24H27BrP/c1-21(25)13-11-12-20-26(22-14-5-2-6-15-22,23-16-7-3-8-17-23)24-18-9-4-10-19-24/h2-10,14-19,21H,11-13,20H2,1H3/q+1. The molecular weight excluding hydrogens is 399 g/mol. The van der Waals surface area contributed by atoms with Gasteiger partial charge in [0.15, 0.2) is 0 Å². The number of unbranched alkanes of at least 4 members (excludes halogenated alkanes) is 1. The first-order valence-electron chi connectivity index (χ1n) is 9.42. The summed E-state index contributed by atoms with van der Waals surface area (Å²) in [5.41, 5.74) is 0. The first-order chi connectivity index (χ1) is 12.7. The van der Waals surface area contributed by atoms with Gasteiger partial charge >= 0.3 is 0 Å². The van der Waals surface area contributed by atoms with Crippen LogP contribution in [0.4, 0.5) is 0 Å². The Bertz CT molecular complexity index is 672. The molecule has 0 amide bonds. The smallest absolute Gasteiger partial charge is 0.0894 e. The van der Waals surface area contributed by atoms with Gasteiger partial charge in [0.05, 0.1) is 6.16 Å². The van der Waals surface area contributed by atoms with Crippen molar-refractivity contribution in [3.05, 3.63) is 91.0 Å². The van der Waals surface area contributed by atoms with Gasteiger partial charge < -0.3 is 0 Å². The molecule has 134 valence electrons. The minimum atomic E-state index is -1.63. The maximum atomic E-state index is 3.70. The summed E-state index contributed by atoms with van der Waals surface area (Å²) >= 11 is 3.70. The third-order valence-electron chi connectivity index (χ3n) is 4.94. The number of benzene rings is 3. The molecule has 3 aromatic carbocycles. The number of rotatable bonds is 8. The highest BCUT2D eigenvalue weighted by atomic mass is 79.9. The molecule has 0 aliphatic rings. The molecule has 3 rings (SSSR count). The molecule has 0 nitrogen and oxygen atoms in total. The molecule has 0 fully saturated rings. The highest BCUT2D eigenvalue weighted by Crippen LogP contribution is 2.55. The zero-order chi connectivity index (χ0) is 18.2. The number of hydrogen-bond acceptors (Lipinski definition) is 0. The van der Waals surface area contributed by atoms with E-state index in [9.17, 15) is 0 Å². The van der Waals surface area contributed by atoms with Gasteiger partial charge in [-0.2, -0.15) is 0 Å². The monoisotopic (exact) mass is 425 g/mol. The van der Waals surface area contributed by atoms with Gasteiger partial charge in [-0.15, -0.1) is 0 Å². The van der Waals surface area contributed by atoms with Gasteiger partial charge in [0.25, 0.3) is 0 Å². The van der Waals surface area contributed by atoms with Crippen LogP contribution in [0.3, 0.4) is 0 Å². The van der Waals surface area contributed by atoms with Crippen molar-refractivity contribution >= 4 is 39.1 Å². The van der Waals surface area contributed by atoms with Crippen molar-refractivity contribution in [1.29, 1.82) is 0 Å². The minimum Gasteiger partial charge on any atom is -0.0894 e. The summed E-state index contributed by atoms with van der Waals surface area (Å²) in [5.74, 6) is 0. The van der Waals surface area contributed by atoms with E-state index in [1.165, 1.54) is 41.3 Å². The molecule has 0 saturated heterocycles. The van der Waals surface area contributed by atoms with Crippen LogP contribution in [-0.2, 0) is 0 Å². The van der Waals surface area contributed by atoms with Gasteiger partial charge in [-0.1, -0.05) is 77.5 Å². The molecule has 0 spiro atoms. The Morgan fingerprint density at radius 1 is 0.654 bits per heavy atom. The van der Waals surface area contributed by atoms with Crippen LogP contribution in [0.15, 0.2) is 91.0 Å². The zero-order valence-electron chi connectivity index (χ0n) is 15.4. The molecule has 0 heterocycles. The fourth-order valence-corrected chi connectivity index (χ4v) is 8.39. The van der Waals surface area contributed by atoms with Crippen LogP contribution in [-0.4, -0.2) is 11.0 Å². The second-order valence-electron chi connectivity index (χ2n) is 6.82. The van der Waals surface area contributed by atoms with Gasteiger partial charge in [-0.25, -0.2) is 0 Å². The molecule has 0 N–H and O–H groups in total. The van der Waals surface area contributed by atoms with Crippen molar-refractivity contribution in [3.63, 3.8) is 0 Å². The molecular formula is C24H27BrP+. The van der Waals surface area contributed by atoms with Crippen LogP contribution in [0.1, 0.15) is 26.2 Å². The van der Waals surface area contributed by atoms with E-state index in [-0.39, 0.29) is 0 Å². The van der Waals surface area contributed by atoms with Crippen LogP contribution < -0.4 is 15.9 Å². The summed E-state index contributed by atoms with van der Waals surface area (Å²) in [7, 11) is -1.63. The Hall–Kier alpha value is -1.43. The van der Waals surface area contributed by atoms with Gasteiger partial charge in [0, 0.05) is 4.83 Å². The van der Waals surface area contributed by atoms with Crippen molar-refractivity contribution in [2.75, 3.05) is 6.16 Å². The lowest BCUT2D eigenvalue weighted by atomic mass is 10.2.